The van der Waals surface area contributed by atoms with Crippen molar-refractivity contribution in [3.05, 3.63) is 0 Å². The normalized spacial score (nSPS) is 33.4. The molecule has 0 spiro atoms. The van der Waals surface area contributed by atoms with Gasteiger partial charge in [0.2, 0.25) is 0 Å². The van der Waals surface area contributed by atoms with Gasteiger partial charge in [-0.05, 0) is 25.2 Å². The first kappa shape index (κ1) is 11.9. The summed E-state index contributed by atoms with van der Waals surface area (Å²) in [5, 5.41) is 3.40. The zero-order valence-electron chi connectivity index (χ0n) is 9.91. The van der Waals surface area contributed by atoms with E-state index in [0.717, 1.165) is 6.42 Å². The molecule has 0 bridgehead atoms. The molecule has 1 N–H and O–H groups in total. The van der Waals surface area contributed by atoms with Crippen molar-refractivity contribution in [1.82, 2.24) is 5.32 Å². The van der Waals surface area contributed by atoms with E-state index in [4.69, 9.17) is 9.47 Å². The van der Waals surface area contributed by atoms with Crippen molar-refractivity contribution in [2.24, 2.45) is 5.92 Å². The molecular formula is C12H21NO3. The minimum Gasteiger partial charge on any atom is -0.462 e. The molecule has 1 saturated carbocycles. The summed E-state index contributed by atoms with van der Waals surface area (Å²) in [4.78, 5) is 11.7. The molecule has 0 aromatic rings. The van der Waals surface area contributed by atoms with Gasteiger partial charge >= 0.3 is 5.97 Å². The second kappa shape index (κ2) is 5.64. The molecule has 0 aromatic heterocycles. The second-order valence-corrected chi connectivity index (χ2v) is 4.77. The van der Waals surface area contributed by atoms with Crippen molar-refractivity contribution in [3.8, 4) is 0 Å². The van der Waals surface area contributed by atoms with Gasteiger partial charge in [-0.25, -0.2) is 0 Å². The highest BCUT2D eigenvalue weighted by Gasteiger charge is 2.38. The minimum atomic E-state index is -0.105. The van der Waals surface area contributed by atoms with Crippen LogP contribution >= 0.6 is 0 Å². The zero-order valence-corrected chi connectivity index (χ0v) is 9.91. The van der Waals surface area contributed by atoms with Gasteiger partial charge in [0.1, 0.15) is 12.6 Å². The van der Waals surface area contributed by atoms with E-state index >= 15 is 0 Å². The minimum absolute atomic E-state index is 0.0787. The van der Waals surface area contributed by atoms with Crippen molar-refractivity contribution >= 4 is 5.97 Å². The number of esters is 1. The number of ether oxygens (including phenoxy) is 2. The molecule has 4 nitrogen and oxygen atoms in total. The van der Waals surface area contributed by atoms with Crippen molar-refractivity contribution in [2.75, 3.05) is 20.3 Å². The van der Waals surface area contributed by atoms with E-state index in [0.29, 0.717) is 25.2 Å². The maximum atomic E-state index is 11.7. The first-order valence-corrected chi connectivity index (χ1v) is 6.23. The van der Waals surface area contributed by atoms with Crippen LogP contribution < -0.4 is 5.32 Å². The van der Waals surface area contributed by atoms with Crippen LogP contribution in [0.4, 0.5) is 0 Å². The third-order valence-corrected chi connectivity index (χ3v) is 3.68. The van der Waals surface area contributed by atoms with E-state index in [2.05, 4.69) is 5.32 Å². The summed E-state index contributed by atoms with van der Waals surface area (Å²) in [7, 11) is 1.61. The van der Waals surface area contributed by atoms with E-state index in [1.807, 2.05) is 0 Å². The van der Waals surface area contributed by atoms with Gasteiger partial charge in [0.05, 0.1) is 6.61 Å². The summed E-state index contributed by atoms with van der Waals surface area (Å²) >= 11 is 0. The highest BCUT2D eigenvalue weighted by atomic mass is 16.6. The fourth-order valence-electron chi connectivity index (χ4n) is 2.83. The van der Waals surface area contributed by atoms with Crippen molar-refractivity contribution in [3.63, 3.8) is 0 Å². The number of methoxy groups -OCH3 is 1. The molecule has 3 atom stereocenters. The summed E-state index contributed by atoms with van der Waals surface area (Å²) in [6.45, 7) is 0.841. The summed E-state index contributed by atoms with van der Waals surface area (Å²) in [5.74, 6) is 0.583. The molecule has 2 rings (SSSR count). The Balaban J connectivity index is 1.76. The van der Waals surface area contributed by atoms with E-state index in [-0.39, 0.29) is 12.0 Å². The maximum Gasteiger partial charge on any atom is 0.323 e. The molecular weight excluding hydrogens is 206 g/mol. The Morgan fingerprint density at radius 1 is 1.31 bits per heavy atom. The lowest BCUT2D eigenvalue weighted by atomic mass is 9.85. The van der Waals surface area contributed by atoms with Crippen LogP contribution in [0.25, 0.3) is 0 Å². The summed E-state index contributed by atoms with van der Waals surface area (Å²) < 4.78 is 10.00. The summed E-state index contributed by atoms with van der Waals surface area (Å²) in [5.41, 5.74) is 0. The van der Waals surface area contributed by atoms with Crippen LogP contribution in [-0.4, -0.2) is 38.4 Å². The standard InChI is InChI=1S/C12H21NO3/c1-15-6-7-16-12(14)11-8-9-4-2-3-5-10(9)13-11/h9-11,13H,2-8H2,1H3. The fourth-order valence-corrected chi connectivity index (χ4v) is 2.83. The van der Waals surface area contributed by atoms with Crippen molar-refractivity contribution in [2.45, 2.75) is 44.2 Å². The Morgan fingerprint density at radius 3 is 2.88 bits per heavy atom. The highest BCUT2D eigenvalue weighted by Crippen LogP contribution is 2.33. The average molecular weight is 227 g/mol. The number of carbonyl (C=O) groups is 1. The van der Waals surface area contributed by atoms with Crippen LogP contribution in [0.5, 0.6) is 0 Å². The molecule has 2 aliphatic rings. The molecule has 16 heavy (non-hydrogen) atoms. The molecule has 0 radical (unpaired) electrons. The first-order valence-electron chi connectivity index (χ1n) is 6.23. The monoisotopic (exact) mass is 227 g/mol. The van der Waals surface area contributed by atoms with Gasteiger partial charge in [0, 0.05) is 13.2 Å². The maximum absolute atomic E-state index is 11.7. The summed E-state index contributed by atoms with van der Waals surface area (Å²) in [6.07, 6.45) is 6.04. The van der Waals surface area contributed by atoms with E-state index in [1.54, 1.807) is 7.11 Å². The highest BCUT2D eigenvalue weighted by molar-refractivity contribution is 5.76. The fraction of sp³-hybridized carbons (Fsp3) is 0.917. The van der Waals surface area contributed by atoms with Crippen LogP contribution in [0.1, 0.15) is 32.1 Å². The largest absolute Gasteiger partial charge is 0.462 e. The predicted octanol–water partition coefficient (Wildman–Crippen LogP) is 1.10. The Kier molecular flexibility index (Phi) is 4.18. The molecule has 92 valence electrons. The number of hydrogen-bond donors (Lipinski definition) is 1. The number of fused-ring (bicyclic) bond motifs is 1. The van der Waals surface area contributed by atoms with Crippen LogP contribution in [0.3, 0.4) is 0 Å². The lowest BCUT2D eigenvalue weighted by molar-refractivity contribution is -0.147. The van der Waals surface area contributed by atoms with Gasteiger partial charge in [-0.2, -0.15) is 0 Å². The Hall–Kier alpha value is -0.610. The molecule has 1 aliphatic heterocycles. The predicted molar refractivity (Wildman–Crippen MR) is 60.1 cm³/mol. The molecule has 0 aromatic carbocycles. The quantitative estimate of drug-likeness (QED) is 0.577. The first-order chi connectivity index (χ1) is 7.81. The molecule has 1 aliphatic carbocycles. The third-order valence-electron chi connectivity index (χ3n) is 3.68. The topological polar surface area (TPSA) is 47.6 Å². The van der Waals surface area contributed by atoms with Gasteiger partial charge in [-0.3, -0.25) is 4.79 Å². The average Bonchev–Trinajstić information content (AvgIpc) is 2.73. The zero-order chi connectivity index (χ0) is 11.4. The van der Waals surface area contributed by atoms with Crippen molar-refractivity contribution in [1.29, 1.82) is 0 Å². The number of hydrogen-bond acceptors (Lipinski definition) is 4. The smallest absolute Gasteiger partial charge is 0.323 e. The van der Waals surface area contributed by atoms with E-state index in [1.165, 1.54) is 25.7 Å². The molecule has 3 unspecified atom stereocenters. The summed E-state index contributed by atoms with van der Waals surface area (Å²) in [6, 6.07) is 0.471. The van der Waals surface area contributed by atoms with E-state index < -0.39 is 0 Å². The Bertz CT molecular complexity index is 230. The number of rotatable bonds is 4. The van der Waals surface area contributed by atoms with Gasteiger partial charge in [-0.1, -0.05) is 12.8 Å². The van der Waals surface area contributed by atoms with Crippen LogP contribution in [0.15, 0.2) is 0 Å². The van der Waals surface area contributed by atoms with Gasteiger partial charge < -0.3 is 14.8 Å². The Morgan fingerprint density at radius 2 is 2.12 bits per heavy atom. The lowest BCUT2D eigenvalue weighted by Gasteiger charge is -2.24. The molecule has 0 amide bonds. The van der Waals surface area contributed by atoms with Gasteiger partial charge in [0.25, 0.3) is 0 Å². The third kappa shape index (κ3) is 2.74. The number of carbonyl (C=O) groups excluding carboxylic acids is 1. The SMILES string of the molecule is COCCOC(=O)C1CC2CCCCC2N1. The van der Waals surface area contributed by atoms with Crippen molar-refractivity contribution < 1.29 is 14.3 Å². The number of nitrogens with one attached hydrogen (secondary N) is 1. The van der Waals surface area contributed by atoms with Gasteiger partial charge in [-0.15, -0.1) is 0 Å². The van der Waals surface area contributed by atoms with Gasteiger partial charge in [0.15, 0.2) is 0 Å². The molecule has 1 saturated heterocycles. The lowest BCUT2D eigenvalue weighted by Crippen LogP contribution is -2.38. The van der Waals surface area contributed by atoms with Crippen LogP contribution in [0.2, 0.25) is 0 Å². The molecule has 2 fully saturated rings. The second-order valence-electron chi connectivity index (χ2n) is 4.77. The van der Waals surface area contributed by atoms with Crippen LogP contribution in [-0.2, 0) is 14.3 Å². The molecule has 4 heteroatoms. The molecule has 1 heterocycles. The Labute approximate surface area is 96.7 Å². The van der Waals surface area contributed by atoms with E-state index in [9.17, 15) is 4.79 Å². The van der Waals surface area contributed by atoms with Crippen LogP contribution in [0, 0.1) is 5.92 Å².